The van der Waals surface area contributed by atoms with E-state index in [1.807, 2.05) is 4.57 Å². The lowest BCUT2D eigenvalue weighted by Gasteiger charge is -2.25. The maximum absolute atomic E-state index is 15.5. The molecule has 2 saturated carbocycles. The smallest absolute Gasteiger partial charge is 0.339 e. The molecule has 30 heavy (non-hydrogen) atoms. The Morgan fingerprint density at radius 1 is 1.20 bits per heavy atom. The number of hydrogen-bond donors (Lipinski definition) is 2. The lowest BCUT2D eigenvalue weighted by atomic mass is 9.82. The van der Waals surface area contributed by atoms with Gasteiger partial charge in [-0.1, -0.05) is 18.0 Å². The number of hydrogen-bond acceptors (Lipinski definition) is 5. The molecule has 0 amide bonds. The fourth-order valence-electron chi connectivity index (χ4n) is 5.43. The SMILES string of the molecule is COc1c(N2C[C@H]3CCCC[C@H]3C2)c(F)cc2/c(=N\O)c(C(=O)O)cn(C3CC3)c12. The van der Waals surface area contributed by atoms with Crippen molar-refractivity contribution in [3.8, 4) is 5.75 Å². The van der Waals surface area contributed by atoms with Gasteiger partial charge in [-0.05, 0) is 43.6 Å². The van der Waals surface area contributed by atoms with E-state index in [0.717, 1.165) is 25.9 Å². The second-order valence-electron chi connectivity index (χ2n) is 8.78. The van der Waals surface area contributed by atoms with E-state index >= 15 is 4.39 Å². The van der Waals surface area contributed by atoms with E-state index in [9.17, 15) is 15.1 Å². The molecule has 160 valence electrons. The molecule has 2 aromatic rings. The highest BCUT2D eigenvalue weighted by Crippen LogP contribution is 2.46. The van der Waals surface area contributed by atoms with Crippen LogP contribution < -0.4 is 15.0 Å². The van der Waals surface area contributed by atoms with Crippen molar-refractivity contribution in [3.05, 3.63) is 29.0 Å². The molecule has 0 spiro atoms. The van der Waals surface area contributed by atoms with Crippen molar-refractivity contribution < 1.29 is 24.2 Å². The Morgan fingerprint density at radius 3 is 2.40 bits per heavy atom. The Labute approximate surface area is 173 Å². The summed E-state index contributed by atoms with van der Waals surface area (Å²) < 4.78 is 23.1. The van der Waals surface area contributed by atoms with E-state index < -0.39 is 11.8 Å². The molecule has 3 fully saturated rings. The predicted molar refractivity (Wildman–Crippen MR) is 109 cm³/mol. The number of carboxylic acids is 1. The van der Waals surface area contributed by atoms with Gasteiger partial charge in [0.15, 0.2) is 11.6 Å². The van der Waals surface area contributed by atoms with Crippen molar-refractivity contribution in [2.45, 2.75) is 44.6 Å². The molecule has 1 aliphatic heterocycles. The first-order valence-electron chi connectivity index (χ1n) is 10.6. The Bertz CT molecular complexity index is 1080. The molecule has 7 nitrogen and oxygen atoms in total. The van der Waals surface area contributed by atoms with Gasteiger partial charge in [0.25, 0.3) is 0 Å². The zero-order valence-corrected chi connectivity index (χ0v) is 17.0. The number of carboxylic acid groups (broad SMARTS) is 1. The first-order valence-corrected chi connectivity index (χ1v) is 10.6. The van der Waals surface area contributed by atoms with Gasteiger partial charge in [-0.3, -0.25) is 0 Å². The second kappa shape index (κ2) is 7.18. The molecule has 1 aromatic carbocycles. The van der Waals surface area contributed by atoms with Crippen LogP contribution in [-0.4, -0.2) is 41.0 Å². The predicted octanol–water partition coefficient (Wildman–Crippen LogP) is 3.74. The van der Waals surface area contributed by atoms with Crippen LogP contribution in [0.15, 0.2) is 17.4 Å². The van der Waals surface area contributed by atoms with Crippen LogP contribution in [0.3, 0.4) is 0 Å². The van der Waals surface area contributed by atoms with E-state index in [4.69, 9.17) is 4.74 Å². The van der Waals surface area contributed by atoms with Crippen LogP contribution in [0.4, 0.5) is 10.1 Å². The Kier molecular flexibility index (Phi) is 4.60. The first kappa shape index (κ1) is 19.2. The molecule has 2 heterocycles. The van der Waals surface area contributed by atoms with Crippen LogP contribution in [0.1, 0.15) is 54.9 Å². The van der Waals surface area contributed by atoms with Gasteiger partial charge >= 0.3 is 5.97 Å². The summed E-state index contributed by atoms with van der Waals surface area (Å²) in [5.41, 5.74) is 0.864. The lowest BCUT2D eigenvalue weighted by Crippen LogP contribution is -2.24. The highest BCUT2D eigenvalue weighted by Gasteiger charge is 2.38. The number of halogens is 1. The number of nitrogens with zero attached hydrogens (tertiary/aromatic N) is 3. The number of benzene rings is 1. The van der Waals surface area contributed by atoms with Gasteiger partial charge in [-0.25, -0.2) is 9.18 Å². The van der Waals surface area contributed by atoms with Crippen molar-refractivity contribution in [2.75, 3.05) is 25.1 Å². The third kappa shape index (κ3) is 2.92. The Balaban J connectivity index is 1.76. The lowest BCUT2D eigenvalue weighted by molar-refractivity contribution is 0.0693. The molecular formula is C22H26FN3O4. The second-order valence-corrected chi connectivity index (χ2v) is 8.78. The Hall–Kier alpha value is -2.77. The van der Waals surface area contributed by atoms with E-state index in [1.165, 1.54) is 45.1 Å². The summed E-state index contributed by atoms with van der Waals surface area (Å²) in [5.74, 6) is -0.158. The third-order valence-electron chi connectivity index (χ3n) is 6.99. The van der Waals surface area contributed by atoms with Gasteiger partial charge in [0.1, 0.15) is 16.6 Å². The van der Waals surface area contributed by atoms with Crippen LogP contribution in [0.2, 0.25) is 0 Å². The molecular weight excluding hydrogens is 389 g/mol. The van der Waals surface area contributed by atoms with Crippen LogP contribution in [0, 0.1) is 17.7 Å². The number of aromatic carboxylic acids is 1. The van der Waals surface area contributed by atoms with E-state index in [1.54, 1.807) is 0 Å². The van der Waals surface area contributed by atoms with Gasteiger partial charge in [0.2, 0.25) is 0 Å². The number of anilines is 1. The molecule has 2 N–H and O–H groups in total. The topological polar surface area (TPSA) is 87.3 Å². The van der Waals surface area contributed by atoms with Crippen molar-refractivity contribution in [2.24, 2.45) is 17.0 Å². The summed E-state index contributed by atoms with van der Waals surface area (Å²) in [4.78, 5) is 13.9. The zero-order valence-electron chi connectivity index (χ0n) is 17.0. The largest absolute Gasteiger partial charge is 0.492 e. The quantitative estimate of drug-likeness (QED) is 0.587. The first-order chi connectivity index (χ1) is 14.5. The minimum Gasteiger partial charge on any atom is -0.492 e. The van der Waals surface area contributed by atoms with Gasteiger partial charge in [-0.15, -0.1) is 0 Å². The molecule has 1 saturated heterocycles. The van der Waals surface area contributed by atoms with Crippen molar-refractivity contribution in [1.29, 1.82) is 0 Å². The van der Waals surface area contributed by atoms with Crippen LogP contribution in [0.5, 0.6) is 5.75 Å². The van der Waals surface area contributed by atoms with Crippen molar-refractivity contribution in [3.63, 3.8) is 0 Å². The fourth-order valence-corrected chi connectivity index (χ4v) is 5.43. The summed E-state index contributed by atoms with van der Waals surface area (Å²) in [5, 5.41) is 22.5. The summed E-state index contributed by atoms with van der Waals surface area (Å²) in [6.07, 6.45) is 8.13. The monoisotopic (exact) mass is 415 g/mol. The van der Waals surface area contributed by atoms with Gasteiger partial charge in [0.05, 0.1) is 12.6 Å². The summed E-state index contributed by atoms with van der Waals surface area (Å²) in [7, 11) is 1.51. The summed E-state index contributed by atoms with van der Waals surface area (Å²) in [6.45, 7) is 1.61. The third-order valence-corrected chi connectivity index (χ3v) is 6.99. The molecule has 2 atom stereocenters. The number of fused-ring (bicyclic) bond motifs is 2. The molecule has 0 radical (unpaired) electrons. The molecule has 1 aromatic heterocycles. The normalized spacial score (nSPS) is 24.3. The van der Waals surface area contributed by atoms with Crippen LogP contribution in [0.25, 0.3) is 10.9 Å². The standard InChI is InChI=1S/C22H26FN3O4/c1-30-21-19-15(18(24-29)16(22(27)28)11-26(19)14-6-7-14)8-17(23)20(21)25-9-12-4-2-3-5-13(12)10-25/h8,11-14,29H,2-7,9-10H2,1H3,(H,27,28)/b24-18+/t12-,13+. The van der Waals surface area contributed by atoms with Crippen LogP contribution >= 0.6 is 0 Å². The molecule has 3 aliphatic rings. The maximum Gasteiger partial charge on any atom is 0.339 e. The number of methoxy groups -OCH3 is 1. The summed E-state index contributed by atoms with van der Waals surface area (Å²) in [6, 6.07) is 1.43. The number of rotatable bonds is 4. The number of ether oxygens (including phenoxy) is 1. The average Bonchev–Trinajstić information content (AvgIpc) is 3.49. The highest BCUT2D eigenvalue weighted by molar-refractivity contribution is 5.97. The number of carbonyl (C=O) groups is 1. The molecule has 0 unspecified atom stereocenters. The molecule has 8 heteroatoms. The van der Waals surface area contributed by atoms with E-state index in [-0.39, 0.29) is 22.3 Å². The van der Waals surface area contributed by atoms with Crippen LogP contribution in [-0.2, 0) is 0 Å². The minimum atomic E-state index is -1.22. The fraction of sp³-hybridized carbons (Fsp3) is 0.545. The molecule has 0 bridgehead atoms. The maximum atomic E-state index is 15.5. The van der Waals surface area contributed by atoms with Crippen molar-refractivity contribution in [1.82, 2.24) is 4.57 Å². The molecule has 2 aliphatic carbocycles. The summed E-state index contributed by atoms with van der Waals surface area (Å²) >= 11 is 0. The number of pyridine rings is 1. The molecule has 5 rings (SSSR count). The Morgan fingerprint density at radius 2 is 1.87 bits per heavy atom. The van der Waals surface area contributed by atoms with E-state index in [2.05, 4.69) is 10.1 Å². The zero-order chi connectivity index (χ0) is 21.0. The van der Waals surface area contributed by atoms with Gasteiger partial charge < -0.3 is 24.5 Å². The van der Waals surface area contributed by atoms with Crippen molar-refractivity contribution >= 4 is 22.6 Å². The number of aromatic nitrogens is 1. The van der Waals surface area contributed by atoms with E-state index in [0.29, 0.717) is 28.8 Å². The minimum absolute atomic E-state index is 0.131. The highest BCUT2D eigenvalue weighted by atomic mass is 19.1. The van der Waals surface area contributed by atoms with Gasteiger partial charge in [-0.2, -0.15) is 0 Å². The van der Waals surface area contributed by atoms with Gasteiger partial charge in [0, 0.05) is 30.7 Å². The average molecular weight is 415 g/mol.